The molecule has 2 aromatic carbocycles. The standard InChI is InChI=1S/C18H18O6/c1-4-11(10-5-6-17(23-2)16(21)7-10)12-8-15(20)13(9-14(12)19)18(22)24-3/h4-9,11,19-21H,1H2,2-3H3. The van der Waals surface area contributed by atoms with Gasteiger partial charge in [0, 0.05) is 11.5 Å². The van der Waals surface area contributed by atoms with Crippen LogP contribution in [0.5, 0.6) is 23.0 Å². The fourth-order valence-electron chi connectivity index (χ4n) is 2.46. The summed E-state index contributed by atoms with van der Waals surface area (Å²) in [5.74, 6) is -1.54. The lowest BCUT2D eigenvalue weighted by Gasteiger charge is -2.17. The molecule has 0 saturated carbocycles. The summed E-state index contributed by atoms with van der Waals surface area (Å²) in [6.45, 7) is 3.73. The zero-order valence-electron chi connectivity index (χ0n) is 13.3. The molecule has 0 radical (unpaired) electrons. The Kier molecular flexibility index (Phi) is 4.99. The van der Waals surface area contributed by atoms with Crippen LogP contribution in [0.1, 0.15) is 27.4 Å². The number of hydrogen-bond acceptors (Lipinski definition) is 6. The number of esters is 1. The number of phenolic OH excluding ortho intramolecular Hbond substituents is 3. The number of rotatable bonds is 5. The highest BCUT2D eigenvalue weighted by Crippen LogP contribution is 2.39. The van der Waals surface area contributed by atoms with Gasteiger partial charge in [0.25, 0.3) is 0 Å². The molecule has 6 nitrogen and oxygen atoms in total. The van der Waals surface area contributed by atoms with E-state index in [9.17, 15) is 20.1 Å². The van der Waals surface area contributed by atoms with Crippen LogP contribution in [0.25, 0.3) is 0 Å². The molecule has 126 valence electrons. The Bertz CT molecular complexity index is 781. The van der Waals surface area contributed by atoms with Crippen LogP contribution in [0.15, 0.2) is 43.0 Å². The number of methoxy groups -OCH3 is 2. The predicted octanol–water partition coefficient (Wildman–Crippen LogP) is 2.92. The highest BCUT2D eigenvalue weighted by Gasteiger charge is 2.21. The van der Waals surface area contributed by atoms with Crippen LogP contribution in [0.2, 0.25) is 0 Å². The minimum atomic E-state index is -0.758. The number of carbonyl (C=O) groups excluding carboxylic acids is 1. The van der Waals surface area contributed by atoms with Gasteiger partial charge in [-0.3, -0.25) is 0 Å². The van der Waals surface area contributed by atoms with Crippen LogP contribution in [0.4, 0.5) is 0 Å². The Morgan fingerprint density at radius 3 is 2.33 bits per heavy atom. The summed E-state index contributed by atoms with van der Waals surface area (Å²) >= 11 is 0. The monoisotopic (exact) mass is 330 g/mol. The molecule has 1 unspecified atom stereocenters. The predicted molar refractivity (Wildman–Crippen MR) is 87.8 cm³/mol. The first-order chi connectivity index (χ1) is 11.4. The lowest BCUT2D eigenvalue weighted by atomic mass is 9.89. The molecule has 1 atom stereocenters. The highest BCUT2D eigenvalue weighted by molar-refractivity contribution is 5.93. The zero-order valence-corrected chi connectivity index (χ0v) is 13.3. The molecular formula is C18H18O6. The van der Waals surface area contributed by atoms with E-state index < -0.39 is 11.9 Å². The maximum atomic E-state index is 11.6. The molecule has 0 bridgehead atoms. The smallest absolute Gasteiger partial charge is 0.341 e. The van der Waals surface area contributed by atoms with Gasteiger partial charge < -0.3 is 24.8 Å². The molecule has 2 aromatic rings. The zero-order chi connectivity index (χ0) is 17.9. The molecule has 0 amide bonds. The summed E-state index contributed by atoms with van der Waals surface area (Å²) in [6, 6.07) is 7.18. The van der Waals surface area contributed by atoms with Gasteiger partial charge in [-0.15, -0.1) is 6.58 Å². The van der Waals surface area contributed by atoms with Crippen molar-refractivity contribution in [2.75, 3.05) is 14.2 Å². The van der Waals surface area contributed by atoms with Gasteiger partial charge in [-0.05, 0) is 29.8 Å². The van der Waals surface area contributed by atoms with E-state index in [-0.39, 0.29) is 22.8 Å². The van der Waals surface area contributed by atoms with Crippen molar-refractivity contribution in [2.24, 2.45) is 0 Å². The maximum absolute atomic E-state index is 11.6. The number of carbonyl (C=O) groups is 1. The fraction of sp³-hybridized carbons (Fsp3) is 0.167. The fourth-order valence-corrected chi connectivity index (χ4v) is 2.46. The summed E-state index contributed by atoms with van der Waals surface area (Å²) in [7, 11) is 2.62. The van der Waals surface area contributed by atoms with E-state index in [4.69, 9.17) is 4.74 Å². The second kappa shape index (κ2) is 6.95. The largest absolute Gasteiger partial charge is 0.508 e. The van der Waals surface area contributed by atoms with Gasteiger partial charge in [0.2, 0.25) is 0 Å². The first kappa shape index (κ1) is 17.2. The van der Waals surface area contributed by atoms with Gasteiger partial charge in [0.05, 0.1) is 14.2 Å². The molecule has 3 N–H and O–H groups in total. The third kappa shape index (κ3) is 3.12. The van der Waals surface area contributed by atoms with Crippen molar-refractivity contribution in [3.63, 3.8) is 0 Å². The van der Waals surface area contributed by atoms with Crippen molar-refractivity contribution < 1.29 is 29.6 Å². The quantitative estimate of drug-likeness (QED) is 0.443. The van der Waals surface area contributed by atoms with E-state index in [0.717, 1.165) is 6.07 Å². The lowest BCUT2D eigenvalue weighted by Crippen LogP contribution is -2.04. The molecular weight excluding hydrogens is 312 g/mol. The Hall–Kier alpha value is -3.15. The molecule has 0 aromatic heterocycles. The first-order valence-corrected chi connectivity index (χ1v) is 7.06. The summed E-state index contributed by atoms with van der Waals surface area (Å²) in [6.07, 6.45) is 1.55. The Balaban J connectivity index is 2.52. The highest BCUT2D eigenvalue weighted by atomic mass is 16.5. The van der Waals surface area contributed by atoms with Gasteiger partial charge in [-0.1, -0.05) is 12.1 Å². The topological polar surface area (TPSA) is 96.2 Å². The van der Waals surface area contributed by atoms with Gasteiger partial charge in [-0.25, -0.2) is 4.79 Å². The Morgan fingerprint density at radius 1 is 1.08 bits per heavy atom. The third-order valence-corrected chi connectivity index (χ3v) is 3.68. The van der Waals surface area contributed by atoms with Gasteiger partial charge in [0.1, 0.15) is 17.1 Å². The molecule has 0 heterocycles. The molecule has 24 heavy (non-hydrogen) atoms. The molecule has 0 aliphatic heterocycles. The number of ether oxygens (including phenoxy) is 2. The van der Waals surface area contributed by atoms with Crippen LogP contribution < -0.4 is 4.74 Å². The number of aromatic hydroxyl groups is 3. The van der Waals surface area contributed by atoms with Gasteiger partial charge >= 0.3 is 5.97 Å². The van der Waals surface area contributed by atoms with Crippen molar-refractivity contribution in [1.29, 1.82) is 0 Å². The molecule has 6 heteroatoms. The minimum Gasteiger partial charge on any atom is -0.508 e. The molecule has 2 rings (SSSR count). The van der Waals surface area contributed by atoms with Crippen LogP contribution in [-0.4, -0.2) is 35.5 Å². The van der Waals surface area contributed by atoms with Crippen LogP contribution in [-0.2, 0) is 4.74 Å². The number of phenols is 3. The molecule has 0 aliphatic rings. The third-order valence-electron chi connectivity index (χ3n) is 3.68. The molecule has 0 fully saturated rings. The van der Waals surface area contributed by atoms with E-state index in [1.807, 2.05) is 0 Å². The van der Waals surface area contributed by atoms with Crippen molar-refractivity contribution in [2.45, 2.75) is 5.92 Å². The van der Waals surface area contributed by atoms with Gasteiger partial charge in [-0.2, -0.15) is 0 Å². The second-order valence-corrected chi connectivity index (χ2v) is 5.06. The van der Waals surface area contributed by atoms with E-state index >= 15 is 0 Å². The maximum Gasteiger partial charge on any atom is 0.341 e. The van der Waals surface area contributed by atoms with E-state index in [1.165, 1.54) is 26.4 Å². The number of allylic oxidation sites excluding steroid dienone is 1. The van der Waals surface area contributed by atoms with E-state index in [1.54, 1.807) is 18.2 Å². The van der Waals surface area contributed by atoms with Crippen molar-refractivity contribution in [3.8, 4) is 23.0 Å². The van der Waals surface area contributed by atoms with Crippen molar-refractivity contribution in [1.82, 2.24) is 0 Å². The first-order valence-electron chi connectivity index (χ1n) is 7.06. The van der Waals surface area contributed by atoms with Gasteiger partial charge in [0.15, 0.2) is 11.5 Å². The lowest BCUT2D eigenvalue weighted by molar-refractivity contribution is 0.0597. The second-order valence-electron chi connectivity index (χ2n) is 5.06. The summed E-state index contributed by atoms with van der Waals surface area (Å²) < 4.78 is 9.55. The normalized spacial score (nSPS) is 11.6. The molecule has 0 aliphatic carbocycles. The Labute approximate surface area is 139 Å². The van der Waals surface area contributed by atoms with Crippen LogP contribution >= 0.6 is 0 Å². The Morgan fingerprint density at radius 2 is 1.79 bits per heavy atom. The van der Waals surface area contributed by atoms with E-state index in [0.29, 0.717) is 16.9 Å². The number of benzene rings is 2. The summed E-state index contributed by atoms with van der Waals surface area (Å²) in [4.78, 5) is 11.6. The molecule has 0 spiro atoms. The summed E-state index contributed by atoms with van der Waals surface area (Å²) in [5, 5.41) is 30.2. The minimum absolute atomic E-state index is 0.0586. The molecule has 0 saturated heterocycles. The van der Waals surface area contributed by atoms with Crippen molar-refractivity contribution in [3.05, 3.63) is 59.7 Å². The number of hydrogen-bond donors (Lipinski definition) is 3. The van der Waals surface area contributed by atoms with Crippen molar-refractivity contribution >= 4 is 5.97 Å². The van der Waals surface area contributed by atoms with Crippen LogP contribution in [0.3, 0.4) is 0 Å². The van der Waals surface area contributed by atoms with Crippen LogP contribution in [0, 0.1) is 0 Å². The average Bonchev–Trinajstić information content (AvgIpc) is 2.57. The SMILES string of the molecule is C=CC(c1ccc(OC)c(O)c1)c1cc(O)c(C(=O)OC)cc1O. The van der Waals surface area contributed by atoms with E-state index in [2.05, 4.69) is 11.3 Å². The average molecular weight is 330 g/mol. The summed E-state index contributed by atoms with van der Waals surface area (Å²) in [5.41, 5.74) is 0.822.